The molecule has 0 aliphatic carbocycles. The van der Waals surface area contributed by atoms with E-state index in [4.69, 9.17) is 0 Å². The van der Waals surface area contributed by atoms with Crippen molar-refractivity contribution in [3.05, 3.63) is 49.6 Å². The molecule has 1 aliphatic rings. The van der Waals surface area contributed by atoms with Gasteiger partial charge in [0.15, 0.2) is 11.3 Å². The number of aromatic nitrogens is 3. The molecule has 0 atom stereocenters. The molecule has 0 saturated carbocycles. The van der Waals surface area contributed by atoms with Crippen molar-refractivity contribution in [2.75, 3.05) is 0 Å². The van der Waals surface area contributed by atoms with Gasteiger partial charge in [0.05, 0.1) is 0 Å². The summed E-state index contributed by atoms with van der Waals surface area (Å²) >= 11 is 3.96. The van der Waals surface area contributed by atoms with Crippen LogP contribution in [0.2, 0.25) is 0 Å². The summed E-state index contributed by atoms with van der Waals surface area (Å²) in [5.74, 6) is -0.0349. The van der Waals surface area contributed by atoms with E-state index in [0.717, 1.165) is 9.99 Å². The van der Waals surface area contributed by atoms with Crippen molar-refractivity contribution in [3.63, 3.8) is 0 Å². The number of halogens is 1. The van der Waals surface area contributed by atoms with E-state index in [1.807, 2.05) is 11.1 Å². The van der Waals surface area contributed by atoms with Crippen molar-refractivity contribution < 1.29 is 4.79 Å². The molecule has 3 aromatic heterocycles. The van der Waals surface area contributed by atoms with Crippen LogP contribution in [0.3, 0.4) is 0 Å². The number of hydrogen-bond acceptors (Lipinski definition) is 4. The van der Waals surface area contributed by atoms with Crippen molar-refractivity contribution in [2.24, 2.45) is 0 Å². The minimum Gasteiger partial charge on any atom is -0.327 e. The number of nitrogens with zero attached hydrogens (tertiary/aromatic N) is 4. The predicted octanol–water partition coefficient (Wildman–Crippen LogP) is 3.37. The second-order valence-corrected chi connectivity index (χ2v) is 8.60. The van der Waals surface area contributed by atoms with Crippen LogP contribution in [-0.4, -0.2) is 30.9 Å². The highest BCUT2D eigenvalue weighted by atomic mass is 127. The molecule has 0 saturated heterocycles. The molecule has 5 nitrogen and oxygen atoms in total. The lowest BCUT2D eigenvalue weighted by Gasteiger charge is -2.41. The summed E-state index contributed by atoms with van der Waals surface area (Å²) in [6.07, 6.45) is 4.53. The highest BCUT2D eigenvalue weighted by Gasteiger charge is 2.37. The molecule has 1 amide bonds. The van der Waals surface area contributed by atoms with Gasteiger partial charge < -0.3 is 4.90 Å². The molecule has 0 N–H and O–H groups in total. The first-order valence-corrected chi connectivity index (χ1v) is 9.28. The van der Waals surface area contributed by atoms with E-state index < -0.39 is 0 Å². The van der Waals surface area contributed by atoms with Crippen LogP contribution in [-0.2, 0) is 13.0 Å². The van der Waals surface area contributed by atoms with Crippen molar-refractivity contribution in [1.82, 2.24) is 19.5 Å². The largest absolute Gasteiger partial charge is 0.327 e. The molecule has 0 unspecified atom stereocenters. The lowest BCUT2D eigenvalue weighted by atomic mass is 9.90. The molecule has 23 heavy (non-hydrogen) atoms. The normalized spacial score (nSPS) is 16.6. The fourth-order valence-corrected chi connectivity index (χ4v) is 4.50. The van der Waals surface area contributed by atoms with Crippen molar-refractivity contribution in [1.29, 1.82) is 0 Å². The Morgan fingerprint density at radius 1 is 1.43 bits per heavy atom. The maximum atomic E-state index is 13.0. The average Bonchev–Trinajstić information content (AvgIpc) is 3.09. The molecule has 3 aromatic rings. The van der Waals surface area contributed by atoms with E-state index in [1.54, 1.807) is 28.1 Å². The Labute approximate surface area is 151 Å². The summed E-state index contributed by atoms with van der Waals surface area (Å²) in [6, 6.07) is 3.88. The molecule has 7 heteroatoms. The third kappa shape index (κ3) is 2.55. The van der Waals surface area contributed by atoms with E-state index in [0.29, 0.717) is 17.9 Å². The van der Waals surface area contributed by atoms with Crippen molar-refractivity contribution in [2.45, 2.75) is 32.4 Å². The van der Waals surface area contributed by atoms with Gasteiger partial charge in [-0.05, 0) is 53.4 Å². The number of hydrogen-bond donors (Lipinski definition) is 0. The Bertz CT molecular complexity index is 914. The number of thiophene rings is 1. The van der Waals surface area contributed by atoms with E-state index in [1.165, 1.54) is 10.4 Å². The van der Waals surface area contributed by atoms with Gasteiger partial charge in [-0.15, -0.1) is 11.3 Å². The zero-order chi connectivity index (χ0) is 16.2. The van der Waals surface area contributed by atoms with Crippen LogP contribution >= 0.6 is 33.9 Å². The average molecular weight is 438 g/mol. The van der Waals surface area contributed by atoms with Crippen molar-refractivity contribution >= 4 is 45.5 Å². The second kappa shape index (κ2) is 5.27. The fraction of sp³-hybridized carbons (Fsp3) is 0.312. The second-order valence-electron chi connectivity index (χ2n) is 6.35. The fourth-order valence-electron chi connectivity index (χ4n) is 2.98. The summed E-state index contributed by atoms with van der Waals surface area (Å²) in [6.45, 7) is 4.87. The minimum absolute atomic E-state index is 0.0349. The van der Waals surface area contributed by atoms with Gasteiger partial charge in [-0.25, -0.2) is 9.50 Å². The molecule has 4 rings (SSSR count). The molecule has 118 valence electrons. The lowest BCUT2D eigenvalue weighted by Crippen LogP contribution is -2.51. The summed E-state index contributed by atoms with van der Waals surface area (Å²) in [4.78, 5) is 20.6. The molecule has 0 radical (unpaired) electrons. The Balaban J connectivity index is 1.72. The van der Waals surface area contributed by atoms with E-state index in [-0.39, 0.29) is 11.4 Å². The first-order chi connectivity index (χ1) is 10.9. The van der Waals surface area contributed by atoms with Crippen LogP contribution in [0.4, 0.5) is 0 Å². The van der Waals surface area contributed by atoms with Crippen LogP contribution < -0.4 is 0 Å². The minimum atomic E-state index is -0.216. The molecule has 4 heterocycles. The molecular weight excluding hydrogens is 423 g/mol. The quantitative estimate of drug-likeness (QED) is 0.548. The zero-order valence-corrected chi connectivity index (χ0v) is 15.8. The van der Waals surface area contributed by atoms with Gasteiger partial charge in [0.2, 0.25) is 0 Å². The third-order valence-electron chi connectivity index (χ3n) is 4.24. The van der Waals surface area contributed by atoms with Crippen molar-refractivity contribution in [3.8, 4) is 0 Å². The number of carbonyl (C=O) groups excluding carboxylic acids is 1. The summed E-state index contributed by atoms with van der Waals surface area (Å²) in [5.41, 5.74) is 2.18. The summed E-state index contributed by atoms with van der Waals surface area (Å²) in [5, 5.41) is 6.52. The van der Waals surface area contributed by atoms with E-state index in [2.05, 4.69) is 58.0 Å². The van der Waals surface area contributed by atoms with Gasteiger partial charge in [0.25, 0.3) is 5.91 Å². The Morgan fingerprint density at radius 3 is 3.09 bits per heavy atom. The summed E-state index contributed by atoms with van der Waals surface area (Å²) in [7, 11) is 0. The van der Waals surface area contributed by atoms with Crippen LogP contribution in [0.25, 0.3) is 5.65 Å². The maximum Gasteiger partial charge on any atom is 0.275 e. The molecule has 0 fully saturated rings. The first kappa shape index (κ1) is 15.1. The predicted molar refractivity (Wildman–Crippen MR) is 97.7 cm³/mol. The topological polar surface area (TPSA) is 50.5 Å². The monoisotopic (exact) mass is 438 g/mol. The van der Waals surface area contributed by atoms with Gasteiger partial charge >= 0.3 is 0 Å². The van der Waals surface area contributed by atoms with Crippen LogP contribution in [0.5, 0.6) is 0 Å². The molecule has 0 bridgehead atoms. The first-order valence-electron chi connectivity index (χ1n) is 7.32. The Kier molecular flexibility index (Phi) is 3.45. The van der Waals surface area contributed by atoms with Gasteiger partial charge in [-0.1, -0.05) is 0 Å². The third-order valence-corrected chi connectivity index (χ3v) is 5.76. The van der Waals surface area contributed by atoms with Crippen LogP contribution in [0.15, 0.2) is 29.9 Å². The zero-order valence-electron chi connectivity index (χ0n) is 12.8. The standard InChI is InChI=1S/C16H15IN4OS/c1-16(2)6-13-10(3-4-23-13)8-20(16)15(22)12-5-14-18-7-11(17)9-21(14)19-12/h3-5,7,9H,6,8H2,1-2H3. The Hall–Kier alpha value is -1.48. The number of fused-ring (bicyclic) bond motifs is 2. The lowest BCUT2D eigenvalue weighted by molar-refractivity contribution is 0.0486. The molecule has 0 spiro atoms. The highest BCUT2D eigenvalue weighted by molar-refractivity contribution is 14.1. The molecular formula is C16H15IN4OS. The summed E-state index contributed by atoms with van der Waals surface area (Å²) < 4.78 is 2.65. The van der Waals surface area contributed by atoms with Gasteiger partial charge in [-0.2, -0.15) is 5.10 Å². The number of carbonyl (C=O) groups is 1. The molecule has 1 aliphatic heterocycles. The molecule has 0 aromatic carbocycles. The Morgan fingerprint density at radius 2 is 2.26 bits per heavy atom. The van der Waals surface area contributed by atoms with Gasteiger partial charge in [0.1, 0.15) is 0 Å². The highest BCUT2D eigenvalue weighted by Crippen LogP contribution is 2.34. The number of rotatable bonds is 1. The van der Waals surface area contributed by atoms with Crippen LogP contribution in [0, 0.1) is 3.57 Å². The van der Waals surface area contributed by atoms with E-state index in [9.17, 15) is 4.79 Å². The van der Waals surface area contributed by atoms with Gasteiger partial charge in [0, 0.05) is 45.4 Å². The smallest absolute Gasteiger partial charge is 0.275 e. The van der Waals surface area contributed by atoms with Gasteiger partial charge in [-0.3, -0.25) is 4.79 Å². The SMILES string of the molecule is CC1(C)Cc2sccc2CN1C(=O)c1cc2ncc(I)cn2n1. The van der Waals surface area contributed by atoms with E-state index >= 15 is 0 Å². The number of amides is 1. The van der Waals surface area contributed by atoms with Crippen LogP contribution in [0.1, 0.15) is 34.8 Å². The maximum absolute atomic E-state index is 13.0.